The van der Waals surface area contributed by atoms with Crippen LogP contribution in [0.15, 0.2) is 94.9 Å². The van der Waals surface area contributed by atoms with Crippen molar-refractivity contribution >= 4 is 46.8 Å². The summed E-state index contributed by atoms with van der Waals surface area (Å²) in [5.41, 5.74) is 12.2. The molecule has 352 valence electrons. The Bertz CT molecular complexity index is 2450. The van der Waals surface area contributed by atoms with Gasteiger partial charge in [0.25, 0.3) is 23.6 Å². The molecule has 0 unspecified atom stereocenters. The summed E-state index contributed by atoms with van der Waals surface area (Å²) in [6.07, 6.45) is 4.49. The predicted molar refractivity (Wildman–Crippen MR) is 261 cm³/mol. The highest BCUT2D eigenvalue weighted by atomic mass is 16.5. The van der Waals surface area contributed by atoms with Gasteiger partial charge in [-0.2, -0.15) is 0 Å². The normalized spacial score (nSPS) is 12.9. The average molecular weight is 912 g/mol. The molecule has 2 aliphatic heterocycles. The van der Waals surface area contributed by atoms with E-state index in [9.17, 15) is 19.2 Å². The number of ether oxygens (including phenoxy) is 2. The number of carbonyl (C=O) groups excluding carboxylic acids is 4. The number of amidine groups is 3. The van der Waals surface area contributed by atoms with Gasteiger partial charge in [-0.05, 0) is 91.1 Å². The van der Waals surface area contributed by atoms with Gasteiger partial charge < -0.3 is 52.5 Å². The molecule has 17 heteroatoms. The van der Waals surface area contributed by atoms with Gasteiger partial charge in [0, 0.05) is 83.9 Å². The van der Waals surface area contributed by atoms with Crippen molar-refractivity contribution in [1.82, 2.24) is 31.9 Å². The van der Waals surface area contributed by atoms with Gasteiger partial charge in [0.1, 0.15) is 17.5 Å². The summed E-state index contributed by atoms with van der Waals surface area (Å²) in [5.74, 6) is 0.407. The van der Waals surface area contributed by atoms with Crippen molar-refractivity contribution in [3.63, 3.8) is 0 Å². The molecule has 6 rings (SSSR count). The second-order valence-corrected chi connectivity index (χ2v) is 16.0. The van der Waals surface area contributed by atoms with E-state index in [2.05, 4.69) is 41.9 Å². The van der Waals surface area contributed by atoms with Crippen LogP contribution in [0.3, 0.4) is 0 Å². The Morgan fingerprint density at radius 2 is 1.01 bits per heavy atom. The number of hydrogen-bond donors (Lipinski definition) is 9. The Morgan fingerprint density at radius 1 is 0.537 bits per heavy atom. The van der Waals surface area contributed by atoms with Crippen LogP contribution < -0.4 is 37.6 Å². The number of nitrogens with two attached hydrogens (primary N) is 1. The first-order valence-corrected chi connectivity index (χ1v) is 22.8. The lowest BCUT2D eigenvalue weighted by Crippen LogP contribution is -2.29. The minimum atomic E-state index is -0.369. The Morgan fingerprint density at radius 3 is 1.58 bits per heavy atom. The number of benzene rings is 4. The quantitative estimate of drug-likeness (QED) is 0.0250. The van der Waals surface area contributed by atoms with Crippen LogP contribution in [0.5, 0.6) is 0 Å². The van der Waals surface area contributed by atoms with E-state index in [-0.39, 0.29) is 49.2 Å². The monoisotopic (exact) mass is 911 g/mol. The van der Waals surface area contributed by atoms with Gasteiger partial charge in [-0.25, -0.2) is 0 Å². The summed E-state index contributed by atoms with van der Waals surface area (Å²) in [7, 11) is 0. The van der Waals surface area contributed by atoms with Crippen LogP contribution in [0.2, 0.25) is 0 Å². The van der Waals surface area contributed by atoms with Crippen LogP contribution in [0.1, 0.15) is 103 Å². The second kappa shape index (κ2) is 25.5. The summed E-state index contributed by atoms with van der Waals surface area (Å²) in [5, 5.41) is 34.1. The number of unbranched alkanes of at least 4 members (excludes halogenated alkanes) is 4. The molecule has 0 fully saturated rings. The smallest absolute Gasteiger partial charge is 0.251 e. The predicted octanol–water partition coefficient (Wildman–Crippen LogP) is 4.03. The van der Waals surface area contributed by atoms with E-state index in [0.29, 0.717) is 102 Å². The highest BCUT2D eigenvalue weighted by Crippen LogP contribution is 2.31. The zero-order valence-electron chi connectivity index (χ0n) is 38.0. The van der Waals surface area contributed by atoms with Crippen molar-refractivity contribution in [3.05, 3.63) is 129 Å². The van der Waals surface area contributed by atoms with E-state index in [1.54, 1.807) is 61.5 Å². The lowest BCUT2D eigenvalue weighted by molar-refractivity contribution is 0.0486. The van der Waals surface area contributed by atoms with E-state index >= 15 is 0 Å². The lowest BCUT2D eigenvalue weighted by atomic mass is 9.91. The highest BCUT2D eigenvalue weighted by Gasteiger charge is 2.22. The Labute approximate surface area is 391 Å². The molecule has 0 radical (unpaired) electrons. The van der Waals surface area contributed by atoms with Gasteiger partial charge in [-0.15, -0.1) is 0 Å². The van der Waals surface area contributed by atoms with Gasteiger partial charge in [-0.1, -0.05) is 49.6 Å². The Balaban J connectivity index is 0.939. The molecule has 4 amide bonds. The zero-order chi connectivity index (χ0) is 47.4. The number of amides is 4. The third-order valence-corrected chi connectivity index (χ3v) is 11.1. The molecule has 4 aromatic carbocycles. The fraction of sp³-hybridized carbons (Fsp3) is 0.360. The first-order chi connectivity index (χ1) is 32.6. The third kappa shape index (κ3) is 14.6. The Kier molecular flexibility index (Phi) is 18.7. The van der Waals surface area contributed by atoms with Crippen LogP contribution in [0.4, 0.5) is 0 Å². The summed E-state index contributed by atoms with van der Waals surface area (Å²) in [6, 6.07) is 24.6. The molecule has 0 atom stereocenters. The van der Waals surface area contributed by atoms with Crippen LogP contribution in [0, 0.1) is 10.8 Å². The van der Waals surface area contributed by atoms with Crippen molar-refractivity contribution in [2.24, 2.45) is 15.7 Å². The molecule has 0 spiro atoms. The lowest BCUT2D eigenvalue weighted by Gasteiger charge is -2.17. The molecule has 17 nitrogen and oxygen atoms in total. The summed E-state index contributed by atoms with van der Waals surface area (Å²) in [6.45, 7) is 7.25. The standard InChI is InChI=1S/C50H61N11O6/c1-33(51)34-7-11-36(12-8-34)48(63)60-25-27-66-29-30-67-28-26-61-50(65)41-18-15-38(44(52)53)31-43(41)42-32-39(16-17-40(42)46-56-23-24-57-46)49(64)59-20-6-4-2-3-5-19-58-47(62)37-13-9-35(10-14-37)45-54-21-22-55-45/h7-18,31-32,51H,2-6,19-30H2,1H3,(H3,52,53)(H,54,55)(H,56,57)(H,58,62)(H,59,64)(H,60,63)(H,61,65). The third-order valence-electron chi connectivity index (χ3n) is 11.1. The van der Waals surface area contributed by atoms with Crippen molar-refractivity contribution in [3.8, 4) is 11.1 Å². The first-order valence-electron chi connectivity index (χ1n) is 22.8. The molecule has 4 aromatic rings. The van der Waals surface area contributed by atoms with E-state index in [0.717, 1.165) is 62.2 Å². The molecule has 10 N–H and O–H groups in total. The fourth-order valence-electron chi connectivity index (χ4n) is 7.45. The van der Waals surface area contributed by atoms with Gasteiger partial charge >= 0.3 is 0 Å². The fourth-order valence-corrected chi connectivity index (χ4v) is 7.45. The number of carbonyl (C=O) groups is 4. The average Bonchev–Trinajstić information content (AvgIpc) is 4.10. The molecular weight excluding hydrogens is 851 g/mol. The van der Waals surface area contributed by atoms with Gasteiger partial charge in [0.15, 0.2) is 0 Å². The topological polar surface area (TPSA) is 257 Å². The molecule has 0 saturated carbocycles. The maximum absolute atomic E-state index is 13.7. The SMILES string of the molecule is CC(=N)c1ccc(C(=O)NCCOCCOCCNC(=O)c2ccc(C(=N)N)cc2-c2cc(C(=O)NCCCCCCCNC(=O)c3ccc(C4=NCCN4)cc3)ccc2C2=NCCN2)cc1. The van der Waals surface area contributed by atoms with Crippen molar-refractivity contribution in [1.29, 1.82) is 10.8 Å². The van der Waals surface area contributed by atoms with Crippen LogP contribution in [0.25, 0.3) is 11.1 Å². The number of nitrogens with zero attached hydrogens (tertiary/aromatic N) is 2. The van der Waals surface area contributed by atoms with Crippen LogP contribution >= 0.6 is 0 Å². The number of rotatable bonds is 26. The minimum Gasteiger partial charge on any atom is -0.384 e. The molecule has 0 bridgehead atoms. The molecule has 2 aliphatic rings. The summed E-state index contributed by atoms with van der Waals surface area (Å²) < 4.78 is 11.3. The number of nitrogen functional groups attached to an aromatic ring is 1. The molecular formula is C50H61N11O6. The maximum atomic E-state index is 13.7. The molecule has 0 aliphatic carbocycles. The van der Waals surface area contributed by atoms with Crippen molar-refractivity contribution in [2.75, 3.05) is 78.8 Å². The largest absolute Gasteiger partial charge is 0.384 e. The van der Waals surface area contributed by atoms with E-state index in [4.69, 9.17) is 26.0 Å². The molecule has 0 saturated heterocycles. The van der Waals surface area contributed by atoms with Gasteiger partial charge in [0.05, 0.1) is 39.5 Å². The number of hydrogen-bond acceptors (Lipinski definition) is 12. The maximum Gasteiger partial charge on any atom is 0.251 e. The van der Waals surface area contributed by atoms with Gasteiger partial charge in [-0.3, -0.25) is 34.6 Å². The zero-order valence-corrected chi connectivity index (χ0v) is 38.0. The number of nitrogens with one attached hydrogen (secondary N) is 8. The molecule has 67 heavy (non-hydrogen) atoms. The van der Waals surface area contributed by atoms with Crippen molar-refractivity contribution in [2.45, 2.75) is 39.0 Å². The number of aliphatic imine (C=N–C) groups is 2. The highest BCUT2D eigenvalue weighted by molar-refractivity contribution is 6.11. The minimum absolute atomic E-state index is 0.0945. The summed E-state index contributed by atoms with van der Waals surface area (Å²) in [4.78, 5) is 61.3. The van der Waals surface area contributed by atoms with E-state index < -0.39 is 0 Å². The van der Waals surface area contributed by atoms with Crippen LogP contribution in [-0.4, -0.2) is 126 Å². The molecule has 0 aromatic heterocycles. The van der Waals surface area contributed by atoms with E-state index in [1.807, 2.05) is 30.3 Å². The van der Waals surface area contributed by atoms with Crippen LogP contribution in [-0.2, 0) is 9.47 Å². The van der Waals surface area contributed by atoms with Gasteiger partial charge in [0.2, 0.25) is 0 Å². The summed E-state index contributed by atoms with van der Waals surface area (Å²) >= 11 is 0. The van der Waals surface area contributed by atoms with Crippen molar-refractivity contribution < 1.29 is 28.7 Å². The van der Waals surface area contributed by atoms with E-state index in [1.165, 1.54) is 0 Å². The first kappa shape index (κ1) is 49.2. The molecule has 2 heterocycles. The Hall–Kier alpha value is -7.24. The second-order valence-electron chi connectivity index (χ2n) is 16.0.